The molecule has 0 N–H and O–H groups in total. The van der Waals surface area contributed by atoms with Gasteiger partial charge in [0, 0.05) is 26.2 Å². The van der Waals surface area contributed by atoms with Crippen molar-refractivity contribution in [2.45, 2.75) is 13.6 Å². The minimum atomic E-state index is -1.38. The number of carbonyl (C=O) groups excluding carboxylic acids is 1. The number of nitro groups is 1. The molecule has 1 aliphatic heterocycles. The Balaban J connectivity index is 2.26. The zero-order chi connectivity index (χ0) is 17.9. The highest BCUT2D eigenvalue weighted by atomic mass is 19.1. The topological polar surface area (TPSA) is 75.9 Å². The molecule has 0 saturated carbocycles. The lowest BCUT2D eigenvalue weighted by atomic mass is 10.1. The molecular weight excluding hydrogens is 331 g/mol. The Labute approximate surface area is 135 Å². The molecule has 1 aromatic carbocycles. The molecule has 0 atom stereocenters. The van der Waals surface area contributed by atoms with Crippen molar-refractivity contribution >= 4 is 17.5 Å². The van der Waals surface area contributed by atoms with Gasteiger partial charge in [-0.1, -0.05) is 0 Å². The second kappa shape index (κ2) is 7.37. The summed E-state index contributed by atoms with van der Waals surface area (Å²) in [6, 6.07) is 0.446. The van der Waals surface area contributed by atoms with Crippen molar-refractivity contribution in [2.75, 3.05) is 37.7 Å². The minimum Gasteiger partial charge on any atom is -0.450 e. The number of carbonyl (C=O) groups is 1. The average Bonchev–Trinajstić information content (AvgIpc) is 2.56. The Morgan fingerprint density at radius 2 is 1.96 bits per heavy atom. The molecule has 10 heteroatoms. The van der Waals surface area contributed by atoms with Crippen LogP contribution in [0.5, 0.6) is 0 Å². The lowest BCUT2D eigenvalue weighted by Crippen LogP contribution is -2.49. The number of amides is 1. The van der Waals surface area contributed by atoms with Crippen molar-refractivity contribution in [3.63, 3.8) is 0 Å². The van der Waals surface area contributed by atoms with E-state index in [0.29, 0.717) is 6.07 Å². The van der Waals surface area contributed by atoms with Crippen LogP contribution in [-0.4, -0.2) is 48.7 Å². The summed E-state index contributed by atoms with van der Waals surface area (Å²) >= 11 is 0. The number of alkyl halides is 1. The van der Waals surface area contributed by atoms with Crippen LogP contribution in [0.15, 0.2) is 6.07 Å². The number of benzene rings is 1. The fraction of sp³-hybridized carbons (Fsp3) is 0.500. The van der Waals surface area contributed by atoms with Gasteiger partial charge in [0.2, 0.25) is 5.82 Å². The Morgan fingerprint density at radius 3 is 2.46 bits per heavy atom. The van der Waals surface area contributed by atoms with Crippen LogP contribution in [0.3, 0.4) is 0 Å². The molecule has 132 valence electrons. The van der Waals surface area contributed by atoms with E-state index in [0.717, 1.165) is 0 Å². The van der Waals surface area contributed by atoms with E-state index in [1.54, 1.807) is 6.92 Å². The molecule has 1 aliphatic rings. The first-order valence-electron chi connectivity index (χ1n) is 7.28. The number of rotatable bonds is 4. The average molecular weight is 347 g/mol. The van der Waals surface area contributed by atoms with Gasteiger partial charge < -0.3 is 14.5 Å². The van der Waals surface area contributed by atoms with Crippen LogP contribution in [0.1, 0.15) is 12.5 Å². The molecule has 0 spiro atoms. The van der Waals surface area contributed by atoms with E-state index in [-0.39, 0.29) is 38.5 Å². The third-order valence-corrected chi connectivity index (χ3v) is 3.72. The standard InChI is InChI=1S/C14H16F3N3O4/c1-2-24-14(21)19-5-3-18(4-6-19)13-9(8-15)12(17)11(20(22)23)7-10(13)16/h7H,2-6,8H2,1H3. The Bertz CT molecular complexity index is 649. The van der Waals surface area contributed by atoms with Gasteiger partial charge in [-0.3, -0.25) is 10.1 Å². The highest BCUT2D eigenvalue weighted by molar-refractivity contribution is 5.68. The zero-order valence-corrected chi connectivity index (χ0v) is 12.9. The second-order valence-electron chi connectivity index (χ2n) is 5.08. The summed E-state index contributed by atoms with van der Waals surface area (Å²) in [6.07, 6.45) is -0.516. The third-order valence-electron chi connectivity index (χ3n) is 3.72. The van der Waals surface area contributed by atoms with Crippen molar-refractivity contribution in [1.29, 1.82) is 0 Å². The summed E-state index contributed by atoms with van der Waals surface area (Å²) in [5.41, 5.74) is -2.13. The van der Waals surface area contributed by atoms with Crippen molar-refractivity contribution in [2.24, 2.45) is 0 Å². The van der Waals surface area contributed by atoms with Crippen LogP contribution in [0, 0.1) is 21.7 Å². The fourth-order valence-electron chi connectivity index (χ4n) is 2.58. The van der Waals surface area contributed by atoms with Crippen LogP contribution < -0.4 is 4.90 Å². The van der Waals surface area contributed by atoms with Gasteiger partial charge in [-0.2, -0.15) is 4.39 Å². The normalized spacial score (nSPS) is 14.7. The minimum absolute atomic E-state index is 0.125. The maximum Gasteiger partial charge on any atom is 0.409 e. The molecule has 1 aromatic rings. The number of nitro benzene ring substituents is 1. The zero-order valence-electron chi connectivity index (χ0n) is 12.9. The first-order valence-corrected chi connectivity index (χ1v) is 7.28. The van der Waals surface area contributed by atoms with E-state index < -0.39 is 40.6 Å². The Hall–Kier alpha value is -2.52. The monoisotopic (exact) mass is 347 g/mol. The molecule has 0 unspecified atom stereocenters. The summed E-state index contributed by atoms with van der Waals surface area (Å²) in [7, 11) is 0. The summed E-state index contributed by atoms with van der Waals surface area (Å²) in [4.78, 5) is 24.0. The predicted octanol–water partition coefficient (Wildman–Crippen LogP) is 2.62. The van der Waals surface area contributed by atoms with Crippen LogP contribution in [0.2, 0.25) is 0 Å². The summed E-state index contributed by atoms with van der Waals surface area (Å²) < 4.78 is 46.3. The van der Waals surface area contributed by atoms with E-state index in [2.05, 4.69) is 0 Å². The van der Waals surface area contributed by atoms with Crippen LogP contribution >= 0.6 is 0 Å². The number of hydrogen-bond donors (Lipinski definition) is 0. The van der Waals surface area contributed by atoms with Gasteiger partial charge in [-0.25, -0.2) is 13.6 Å². The fourth-order valence-corrected chi connectivity index (χ4v) is 2.58. The maximum absolute atomic E-state index is 14.2. The van der Waals surface area contributed by atoms with Gasteiger partial charge in [0.05, 0.1) is 28.8 Å². The molecular formula is C14H16F3N3O4. The molecule has 7 nitrogen and oxygen atoms in total. The van der Waals surface area contributed by atoms with Gasteiger partial charge in [0.15, 0.2) is 5.82 Å². The highest BCUT2D eigenvalue weighted by Crippen LogP contribution is 2.34. The van der Waals surface area contributed by atoms with Crippen LogP contribution in [0.25, 0.3) is 0 Å². The highest BCUT2D eigenvalue weighted by Gasteiger charge is 2.30. The number of ether oxygens (including phenoxy) is 1. The number of halogens is 3. The molecule has 1 saturated heterocycles. The van der Waals surface area contributed by atoms with Gasteiger partial charge in [0.1, 0.15) is 6.67 Å². The molecule has 0 bridgehead atoms. The lowest BCUT2D eigenvalue weighted by molar-refractivity contribution is -0.387. The summed E-state index contributed by atoms with van der Waals surface area (Å²) in [5, 5.41) is 10.7. The van der Waals surface area contributed by atoms with Crippen LogP contribution in [-0.2, 0) is 11.4 Å². The molecule has 2 rings (SSSR count). The van der Waals surface area contributed by atoms with Crippen molar-refractivity contribution in [3.05, 3.63) is 33.4 Å². The predicted molar refractivity (Wildman–Crippen MR) is 78.6 cm³/mol. The smallest absolute Gasteiger partial charge is 0.409 e. The van der Waals surface area contributed by atoms with Crippen molar-refractivity contribution in [3.8, 4) is 0 Å². The van der Waals surface area contributed by atoms with E-state index in [1.165, 1.54) is 9.80 Å². The quantitative estimate of drug-likeness (QED) is 0.618. The van der Waals surface area contributed by atoms with Crippen molar-refractivity contribution in [1.82, 2.24) is 4.90 Å². The first-order chi connectivity index (χ1) is 11.4. The van der Waals surface area contributed by atoms with Gasteiger partial charge >= 0.3 is 11.8 Å². The van der Waals surface area contributed by atoms with E-state index in [4.69, 9.17) is 4.74 Å². The molecule has 1 fully saturated rings. The van der Waals surface area contributed by atoms with E-state index in [1.807, 2.05) is 0 Å². The van der Waals surface area contributed by atoms with Crippen molar-refractivity contribution < 1.29 is 27.6 Å². The number of hydrogen-bond acceptors (Lipinski definition) is 5. The SMILES string of the molecule is CCOC(=O)N1CCN(c2c(F)cc([N+](=O)[O-])c(F)c2CF)CC1. The third kappa shape index (κ3) is 3.36. The lowest BCUT2D eigenvalue weighted by Gasteiger charge is -2.36. The molecule has 0 aliphatic carbocycles. The van der Waals surface area contributed by atoms with Gasteiger partial charge in [-0.05, 0) is 6.92 Å². The van der Waals surface area contributed by atoms with E-state index in [9.17, 15) is 28.1 Å². The molecule has 1 heterocycles. The molecule has 1 amide bonds. The largest absolute Gasteiger partial charge is 0.450 e. The molecule has 0 radical (unpaired) electrons. The number of piperazine rings is 1. The molecule has 24 heavy (non-hydrogen) atoms. The van der Waals surface area contributed by atoms with E-state index >= 15 is 0 Å². The molecule has 0 aromatic heterocycles. The summed E-state index contributed by atoms with van der Waals surface area (Å²) in [5.74, 6) is -2.45. The van der Waals surface area contributed by atoms with Gasteiger partial charge in [0.25, 0.3) is 0 Å². The number of nitrogens with zero attached hydrogens (tertiary/aromatic N) is 3. The maximum atomic E-state index is 14.2. The number of anilines is 1. The van der Waals surface area contributed by atoms with Crippen LogP contribution in [0.4, 0.5) is 29.3 Å². The Kier molecular flexibility index (Phi) is 5.47. The first kappa shape index (κ1) is 17.8. The van der Waals surface area contributed by atoms with Gasteiger partial charge in [-0.15, -0.1) is 0 Å². The summed E-state index contributed by atoms with van der Waals surface area (Å²) in [6.45, 7) is 1.12. The Morgan fingerprint density at radius 1 is 1.33 bits per heavy atom. The second-order valence-corrected chi connectivity index (χ2v) is 5.08.